The van der Waals surface area contributed by atoms with Crippen LogP contribution in [0.4, 0.5) is 10.5 Å². The van der Waals surface area contributed by atoms with Gasteiger partial charge in [0.1, 0.15) is 5.75 Å². The molecule has 23 heavy (non-hydrogen) atoms. The maximum Gasteiger partial charge on any atom is 0.319 e. The van der Waals surface area contributed by atoms with Crippen LogP contribution in [0.5, 0.6) is 5.75 Å². The van der Waals surface area contributed by atoms with E-state index in [1.165, 1.54) is 11.1 Å². The number of ether oxygens (including phenoxy) is 1. The number of rotatable bonds is 4. The van der Waals surface area contributed by atoms with Gasteiger partial charge >= 0.3 is 6.03 Å². The van der Waals surface area contributed by atoms with E-state index < -0.39 is 0 Å². The fraction of sp³-hybridized carbons (Fsp3) is 0.278. The van der Waals surface area contributed by atoms with Gasteiger partial charge in [0.2, 0.25) is 0 Å². The number of amides is 2. The van der Waals surface area contributed by atoms with Crippen molar-refractivity contribution in [2.45, 2.75) is 25.8 Å². The summed E-state index contributed by atoms with van der Waals surface area (Å²) in [7, 11) is 0. The molecule has 0 aliphatic carbocycles. The summed E-state index contributed by atoms with van der Waals surface area (Å²) in [6.45, 7) is 2.74. The number of urea groups is 1. The van der Waals surface area contributed by atoms with Crippen molar-refractivity contribution in [1.29, 1.82) is 0 Å². The second-order valence-corrected chi connectivity index (χ2v) is 6.13. The molecular weight excluding hydrogens is 312 g/mol. The molecule has 5 heteroatoms. The number of nitrogens with one attached hydrogen (secondary N) is 2. The third-order valence-electron chi connectivity index (χ3n) is 3.80. The Labute approximate surface area is 140 Å². The average molecular weight is 331 g/mol. The normalized spacial score (nSPS) is 13.8. The number of fused-ring (bicyclic) bond motifs is 1. The molecule has 120 valence electrons. The lowest BCUT2D eigenvalue weighted by Crippen LogP contribution is -2.37. The molecule has 0 radical (unpaired) electrons. The summed E-state index contributed by atoms with van der Waals surface area (Å²) in [4.78, 5) is 12.1. The lowest BCUT2D eigenvalue weighted by Gasteiger charge is -2.15. The van der Waals surface area contributed by atoms with Gasteiger partial charge in [0.15, 0.2) is 0 Å². The number of hydrogen-bond acceptors (Lipinski definition) is 2. The van der Waals surface area contributed by atoms with Crippen LogP contribution < -0.4 is 15.4 Å². The smallest absolute Gasteiger partial charge is 0.319 e. The first-order chi connectivity index (χ1) is 11.1. The van der Waals surface area contributed by atoms with E-state index in [0.29, 0.717) is 10.7 Å². The lowest BCUT2D eigenvalue weighted by molar-refractivity contribution is 0.249. The highest BCUT2D eigenvalue weighted by atomic mass is 35.5. The molecule has 2 amide bonds. The van der Waals surface area contributed by atoms with Crippen LogP contribution in [0.25, 0.3) is 0 Å². The van der Waals surface area contributed by atoms with Crippen molar-refractivity contribution in [3.63, 3.8) is 0 Å². The largest absolute Gasteiger partial charge is 0.493 e. The molecule has 1 aliphatic rings. The van der Waals surface area contributed by atoms with Crippen molar-refractivity contribution >= 4 is 23.3 Å². The van der Waals surface area contributed by atoms with Gasteiger partial charge < -0.3 is 15.4 Å². The molecule has 1 heterocycles. The Morgan fingerprint density at radius 3 is 2.96 bits per heavy atom. The Balaban J connectivity index is 1.55. The summed E-state index contributed by atoms with van der Waals surface area (Å²) in [6.07, 6.45) is 1.72. The first-order valence-electron chi connectivity index (χ1n) is 7.68. The van der Waals surface area contributed by atoms with Crippen LogP contribution >= 0.6 is 11.6 Å². The molecule has 1 aliphatic heterocycles. The van der Waals surface area contributed by atoms with Crippen molar-refractivity contribution in [2.24, 2.45) is 0 Å². The van der Waals surface area contributed by atoms with Gasteiger partial charge in [0, 0.05) is 12.5 Å². The molecule has 0 unspecified atom stereocenters. The number of halogens is 1. The minimum atomic E-state index is -0.255. The molecule has 0 aromatic heterocycles. The fourth-order valence-corrected chi connectivity index (χ4v) is 2.90. The first kappa shape index (κ1) is 15.7. The average Bonchev–Trinajstić information content (AvgIpc) is 2.97. The highest BCUT2D eigenvalue weighted by Crippen LogP contribution is 2.26. The maximum atomic E-state index is 12.1. The molecule has 0 fully saturated rings. The van der Waals surface area contributed by atoms with Gasteiger partial charge in [-0.3, -0.25) is 0 Å². The second-order valence-electron chi connectivity index (χ2n) is 5.72. The minimum Gasteiger partial charge on any atom is -0.493 e. The zero-order valence-corrected chi connectivity index (χ0v) is 13.7. The van der Waals surface area contributed by atoms with Crippen LogP contribution in [-0.2, 0) is 12.8 Å². The zero-order chi connectivity index (χ0) is 16.2. The Bertz CT molecular complexity index is 718. The van der Waals surface area contributed by atoms with Crippen molar-refractivity contribution in [3.05, 3.63) is 58.6 Å². The van der Waals surface area contributed by atoms with Gasteiger partial charge in [-0.1, -0.05) is 35.9 Å². The van der Waals surface area contributed by atoms with Gasteiger partial charge in [-0.25, -0.2) is 4.79 Å². The summed E-state index contributed by atoms with van der Waals surface area (Å²) < 4.78 is 5.51. The van der Waals surface area contributed by atoms with Crippen molar-refractivity contribution in [3.8, 4) is 5.75 Å². The Morgan fingerprint density at radius 2 is 2.13 bits per heavy atom. The van der Waals surface area contributed by atoms with Crippen LogP contribution in [0.15, 0.2) is 42.5 Å². The number of carbonyl (C=O) groups excluding carboxylic acids is 1. The quantitative estimate of drug-likeness (QED) is 0.889. The van der Waals surface area contributed by atoms with E-state index in [2.05, 4.69) is 16.7 Å². The molecule has 1 atom stereocenters. The molecule has 3 rings (SSSR count). The van der Waals surface area contributed by atoms with E-state index in [-0.39, 0.29) is 12.1 Å². The minimum absolute atomic E-state index is 0.0119. The van der Waals surface area contributed by atoms with Crippen molar-refractivity contribution in [2.75, 3.05) is 11.9 Å². The van der Waals surface area contributed by atoms with Crippen LogP contribution in [0.3, 0.4) is 0 Å². The predicted molar refractivity (Wildman–Crippen MR) is 92.4 cm³/mol. The molecule has 0 saturated heterocycles. The summed E-state index contributed by atoms with van der Waals surface area (Å²) in [5, 5.41) is 6.22. The highest BCUT2D eigenvalue weighted by molar-refractivity contribution is 6.33. The van der Waals surface area contributed by atoms with E-state index in [9.17, 15) is 4.79 Å². The first-order valence-corrected chi connectivity index (χ1v) is 8.06. The topological polar surface area (TPSA) is 50.4 Å². The Kier molecular flexibility index (Phi) is 4.72. The standard InChI is InChI=1S/C18H19ClN2O2/c1-12(10-13-6-7-17-14(11-13)8-9-23-17)20-18(22)21-16-5-3-2-4-15(16)19/h2-7,11-12H,8-10H2,1H3,(H2,20,21,22)/t12-/m0/s1. The number of benzene rings is 2. The van der Waals surface area contributed by atoms with Crippen molar-refractivity contribution < 1.29 is 9.53 Å². The predicted octanol–water partition coefficient (Wildman–Crippen LogP) is 4.03. The molecular formula is C18H19ClN2O2. The molecule has 2 N–H and O–H groups in total. The van der Waals surface area contributed by atoms with Crippen LogP contribution in [0.2, 0.25) is 5.02 Å². The molecule has 2 aromatic rings. The Hall–Kier alpha value is -2.20. The summed E-state index contributed by atoms with van der Waals surface area (Å²) in [5.41, 5.74) is 3.04. The number of carbonyl (C=O) groups is 1. The SMILES string of the molecule is C[C@@H](Cc1ccc2c(c1)CCO2)NC(=O)Nc1ccccc1Cl. The molecule has 0 bridgehead atoms. The number of para-hydroxylation sites is 1. The summed E-state index contributed by atoms with van der Waals surface area (Å²) in [5.74, 6) is 0.978. The highest BCUT2D eigenvalue weighted by Gasteiger charge is 2.14. The van der Waals surface area contributed by atoms with Gasteiger partial charge in [-0.15, -0.1) is 0 Å². The molecule has 0 saturated carbocycles. The van der Waals surface area contributed by atoms with Gasteiger partial charge in [-0.05, 0) is 42.7 Å². The van der Waals surface area contributed by atoms with E-state index in [1.54, 1.807) is 12.1 Å². The van der Waals surface area contributed by atoms with E-state index in [0.717, 1.165) is 25.2 Å². The molecule has 4 nitrogen and oxygen atoms in total. The third kappa shape index (κ3) is 3.96. The fourth-order valence-electron chi connectivity index (χ4n) is 2.72. The van der Waals surface area contributed by atoms with E-state index in [4.69, 9.17) is 16.3 Å². The third-order valence-corrected chi connectivity index (χ3v) is 4.12. The molecule has 2 aromatic carbocycles. The summed E-state index contributed by atoms with van der Waals surface area (Å²) in [6, 6.07) is 13.1. The van der Waals surface area contributed by atoms with E-state index >= 15 is 0 Å². The van der Waals surface area contributed by atoms with Crippen LogP contribution in [0.1, 0.15) is 18.1 Å². The number of anilines is 1. The maximum absolute atomic E-state index is 12.1. The monoisotopic (exact) mass is 330 g/mol. The second kappa shape index (κ2) is 6.92. The Morgan fingerprint density at radius 1 is 1.30 bits per heavy atom. The lowest BCUT2D eigenvalue weighted by atomic mass is 10.0. The van der Waals surface area contributed by atoms with Crippen LogP contribution in [0, 0.1) is 0 Å². The van der Waals surface area contributed by atoms with Crippen molar-refractivity contribution in [1.82, 2.24) is 5.32 Å². The van der Waals surface area contributed by atoms with Gasteiger partial charge in [-0.2, -0.15) is 0 Å². The summed E-state index contributed by atoms with van der Waals surface area (Å²) >= 11 is 6.03. The number of hydrogen-bond donors (Lipinski definition) is 2. The van der Waals surface area contributed by atoms with Crippen LogP contribution in [-0.4, -0.2) is 18.7 Å². The van der Waals surface area contributed by atoms with Gasteiger partial charge in [0.05, 0.1) is 17.3 Å². The molecule has 0 spiro atoms. The zero-order valence-electron chi connectivity index (χ0n) is 12.9. The van der Waals surface area contributed by atoms with E-state index in [1.807, 2.05) is 31.2 Å². The van der Waals surface area contributed by atoms with Gasteiger partial charge in [0.25, 0.3) is 0 Å².